The van der Waals surface area contributed by atoms with Crippen molar-refractivity contribution in [2.75, 3.05) is 13.7 Å². The number of amides is 3. The Kier molecular flexibility index (Phi) is 5.64. The lowest BCUT2D eigenvalue weighted by molar-refractivity contribution is -0.901. The van der Waals surface area contributed by atoms with E-state index in [2.05, 4.69) is 31.2 Å². The molecule has 31 heavy (non-hydrogen) atoms. The molecular formula is C24H34N5O2+. The number of nitrogens with one attached hydrogen (secondary N) is 2. The summed E-state index contributed by atoms with van der Waals surface area (Å²) in [4.78, 5) is 28.4. The van der Waals surface area contributed by atoms with Crippen LogP contribution in [-0.2, 0) is 11.3 Å². The first-order chi connectivity index (χ1) is 14.7. The van der Waals surface area contributed by atoms with Gasteiger partial charge in [-0.1, -0.05) is 39.0 Å². The molecule has 166 valence electrons. The van der Waals surface area contributed by atoms with Crippen molar-refractivity contribution in [3.05, 3.63) is 48.3 Å². The van der Waals surface area contributed by atoms with Gasteiger partial charge in [0.2, 0.25) is 0 Å². The quantitative estimate of drug-likeness (QED) is 0.724. The summed E-state index contributed by atoms with van der Waals surface area (Å²) in [5, 5.41) is 7.48. The van der Waals surface area contributed by atoms with Gasteiger partial charge in [-0.15, -0.1) is 0 Å². The summed E-state index contributed by atoms with van der Waals surface area (Å²) in [7, 11) is 2.00. The molecule has 1 atom stereocenters. The smallest absolute Gasteiger partial charge is 0.323 e. The number of urea groups is 1. The zero-order valence-corrected chi connectivity index (χ0v) is 19.0. The first-order valence-corrected chi connectivity index (χ1v) is 11.2. The minimum absolute atomic E-state index is 0.0517. The molecule has 0 radical (unpaired) electrons. The van der Waals surface area contributed by atoms with E-state index in [1.165, 1.54) is 4.90 Å². The number of aromatic nitrogens is 2. The maximum atomic E-state index is 13.2. The molecular weight excluding hydrogens is 390 g/mol. The molecule has 7 heteroatoms. The van der Waals surface area contributed by atoms with E-state index in [4.69, 9.17) is 0 Å². The SMILES string of the molecule is C[NH+](Cc1cnn(-c2ccccc2)c1)CN1C(=O)NC2(CCC(C(C)(C)C)CC2)C1=O. The van der Waals surface area contributed by atoms with Crippen LogP contribution < -0.4 is 10.2 Å². The second kappa shape index (κ2) is 8.11. The Morgan fingerprint density at radius 3 is 2.48 bits per heavy atom. The number of carbonyl (C=O) groups is 2. The third kappa shape index (κ3) is 4.37. The van der Waals surface area contributed by atoms with Gasteiger partial charge in [0.15, 0.2) is 6.67 Å². The predicted octanol–water partition coefficient (Wildman–Crippen LogP) is 2.37. The van der Waals surface area contributed by atoms with Crippen LogP contribution in [-0.4, -0.2) is 45.9 Å². The van der Waals surface area contributed by atoms with Crippen LogP contribution in [0.1, 0.15) is 52.0 Å². The molecule has 1 unspecified atom stereocenters. The summed E-state index contributed by atoms with van der Waals surface area (Å²) >= 11 is 0. The Morgan fingerprint density at radius 2 is 1.84 bits per heavy atom. The highest BCUT2D eigenvalue weighted by molar-refractivity contribution is 6.06. The lowest BCUT2D eigenvalue weighted by Gasteiger charge is -2.40. The number of rotatable bonds is 5. The summed E-state index contributed by atoms with van der Waals surface area (Å²) in [6.07, 6.45) is 7.27. The summed E-state index contributed by atoms with van der Waals surface area (Å²) in [5.41, 5.74) is 1.61. The van der Waals surface area contributed by atoms with Crippen LogP contribution >= 0.6 is 0 Å². The van der Waals surface area contributed by atoms with Gasteiger partial charge in [-0.05, 0) is 49.1 Å². The molecule has 1 aliphatic heterocycles. The van der Waals surface area contributed by atoms with Crippen molar-refractivity contribution in [2.45, 2.75) is 58.5 Å². The van der Waals surface area contributed by atoms with Crippen LogP contribution in [0.3, 0.4) is 0 Å². The number of carbonyl (C=O) groups excluding carboxylic acids is 2. The van der Waals surface area contributed by atoms with E-state index in [0.717, 1.165) is 41.8 Å². The molecule has 2 aromatic rings. The molecule has 4 rings (SSSR count). The van der Waals surface area contributed by atoms with Crippen LogP contribution in [0.15, 0.2) is 42.7 Å². The maximum Gasteiger partial charge on any atom is 0.329 e. The molecule has 1 aliphatic carbocycles. The molecule has 1 aromatic carbocycles. The topological polar surface area (TPSA) is 71.7 Å². The molecule has 0 bridgehead atoms. The average molecular weight is 425 g/mol. The molecule has 1 aromatic heterocycles. The van der Waals surface area contributed by atoms with Gasteiger partial charge >= 0.3 is 6.03 Å². The third-order valence-electron chi connectivity index (χ3n) is 6.90. The van der Waals surface area contributed by atoms with Crippen LogP contribution in [0.2, 0.25) is 0 Å². The van der Waals surface area contributed by atoms with Crippen LogP contribution in [0.4, 0.5) is 4.79 Å². The number of quaternary nitrogens is 1. The fourth-order valence-electron chi connectivity index (χ4n) is 4.98. The van der Waals surface area contributed by atoms with Gasteiger partial charge in [-0.2, -0.15) is 5.10 Å². The molecule has 7 nitrogen and oxygen atoms in total. The first kappa shape index (κ1) is 21.6. The summed E-state index contributed by atoms with van der Waals surface area (Å²) in [6, 6.07) is 9.71. The number of hydrogen-bond acceptors (Lipinski definition) is 3. The van der Waals surface area contributed by atoms with Gasteiger partial charge in [0.05, 0.1) is 18.9 Å². The zero-order valence-electron chi connectivity index (χ0n) is 19.0. The normalized spacial score (nSPS) is 25.2. The van der Waals surface area contributed by atoms with Crippen molar-refractivity contribution in [1.82, 2.24) is 20.0 Å². The second-order valence-corrected chi connectivity index (χ2v) is 10.3. The van der Waals surface area contributed by atoms with E-state index in [9.17, 15) is 9.59 Å². The van der Waals surface area contributed by atoms with E-state index in [1.54, 1.807) is 0 Å². The third-order valence-corrected chi connectivity index (χ3v) is 6.90. The summed E-state index contributed by atoms with van der Waals surface area (Å²) in [5.74, 6) is 0.538. The number of benzene rings is 1. The molecule has 2 fully saturated rings. The minimum Gasteiger partial charge on any atom is -0.323 e. The predicted molar refractivity (Wildman–Crippen MR) is 119 cm³/mol. The zero-order chi connectivity index (χ0) is 22.2. The van der Waals surface area contributed by atoms with Crippen LogP contribution in [0.25, 0.3) is 5.69 Å². The van der Waals surface area contributed by atoms with Crippen molar-refractivity contribution in [3.8, 4) is 5.69 Å². The van der Waals surface area contributed by atoms with Crippen molar-refractivity contribution >= 4 is 11.9 Å². The highest BCUT2D eigenvalue weighted by atomic mass is 16.2. The van der Waals surface area contributed by atoms with E-state index >= 15 is 0 Å². The van der Waals surface area contributed by atoms with Gasteiger partial charge in [0.25, 0.3) is 5.91 Å². The largest absolute Gasteiger partial charge is 0.329 e. The second-order valence-electron chi connectivity index (χ2n) is 10.3. The number of imide groups is 1. The van der Waals surface area contributed by atoms with Gasteiger partial charge in [-0.3, -0.25) is 4.79 Å². The fraction of sp³-hybridized carbons (Fsp3) is 0.542. The highest BCUT2D eigenvalue weighted by Gasteiger charge is 2.54. The van der Waals surface area contributed by atoms with Gasteiger partial charge in [0, 0.05) is 11.8 Å². The Labute approximate surface area is 184 Å². The van der Waals surface area contributed by atoms with Crippen molar-refractivity contribution in [2.24, 2.45) is 11.3 Å². The van der Waals surface area contributed by atoms with Crippen molar-refractivity contribution in [3.63, 3.8) is 0 Å². The minimum atomic E-state index is -0.697. The maximum absolute atomic E-state index is 13.2. The van der Waals surface area contributed by atoms with E-state index in [1.807, 2.05) is 54.5 Å². The monoisotopic (exact) mass is 424 g/mol. The standard InChI is InChI=1S/C24H33N5O2/c1-23(2,3)19-10-12-24(13-11-19)21(30)28(22(31)26-24)17-27(4)15-18-14-25-29(16-18)20-8-6-5-7-9-20/h5-9,14,16,19H,10-13,15,17H2,1-4H3,(H,26,31)/p+1. The number of hydrogen-bond donors (Lipinski definition) is 2. The average Bonchev–Trinajstić information content (AvgIpc) is 3.27. The van der Waals surface area contributed by atoms with Crippen LogP contribution in [0, 0.1) is 11.3 Å². The van der Waals surface area contributed by atoms with Crippen LogP contribution in [0.5, 0.6) is 0 Å². The number of para-hydroxylation sites is 1. The molecule has 2 N–H and O–H groups in total. The van der Waals surface area contributed by atoms with Crippen molar-refractivity contribution < 1.29 is 14.5 Å². The van der Waals surface area contributed by atoms with Gasteiger partial charge in [-0.25, -0.2) is 14.4 Å². The van der Waals surface area contributed by atoms with Gasteiger partial charge < -0.3 is 10.2 Å². The van der Waals surface area contributed by atoms with Crippen molar-refractivity contribution in [1.29, 1.82) is 0 Å². The summed E-state index contributed by atoms with van der Waals surface area (Å²) < 4.78 is 1.85. The highest BCUT2D eigenvalue weighted by Crippen LogP contribution is 2.43. The Bertz CT molecular complexity index is 938. The Hall–Kier alpha value is -2.67. The van der Waals surface area contributed by atoms with E-state index < -0.39 is 5.54 Å². The molecule has 1 spiro atoms. The first-order valence-electron chi connectivity index (χ1n) is 11.2. The molecule has 1 saturated heterocycles. The van der Waals surface area contributed by atoms with Gasteiger partial charge in [0.1, 0.15) is 12.1 Å². The molecule has 3 amide bonds. The molecule has 2 aliphatic rings. The Morgan fingerprint density at radius 1 is 1.16 bits per heavy atom. The Balaban J connectivity index is 1.37. The summed E-state index contributed by atoms with van der Waals surface area (Å²) in [6.45, 7) is 7.81. The lowest BCUT2D eigenvalue weighted by atomic mass is 9.67. The molecule has 1 saturated carbocycles. The fourth-order valence-corrected chi connectivity index (χ4v) is 4.98. The number of nitrogens with zero attached hydrogens (tertiary/aromatic N) is 3. The molecule has 2 heterocycles. The van der Waals surface area contributed by atoms with E-state index in [0.29, 0.717) is 19.1 Å². The lowest BCUT2D eigenvalue weighted by Crippen LogP contribution is -3.09. The van der Waals surface area contributed by atoms with E-state index in [-0.39, 0.29) is 17.4 Å².